The number of hydrogen-bond acceptors (Lipinski definition) is 4. The largest absolute Gasteiger partial charge is 0.308 e. The van der Waals surface area contributed by atoms with Crippen LogP contribution in [0.25, 0.3) is 0 Å². The van der Waals surface area contributed by atoms with E-state index in [0.717, 1.165) is 11.3 Å². The van der Waals surface area contributed by atoms with Gasteiger partial charge in [0.05, 0.1) is 17.8 Å². The average molecular weight is 408 g/mol. The summed E-state index contributed by atoms with van der Waals surface area (Å²) >= 11 is 6.11. The number of pyridine rings is 1. The minimum atomic E-state index is -0.972. The number of amides is 2. The molecule has 2 aliphatic rings. The van der Waals surface area contributed by atoms with Gasteiger partial charge >= 0.3 is 0 Å². The van der Waals surface area contributed by atoms with Gasteiger partial charge in [0.15, 0.2) is 5.66 Å². The number of hydrogen-bond donors (Lipinski definition) is 0. The van der Waals surface area contributed by atoms with E-state index in [9.17, 15) is 9.59 Å². The van der Waals surface area contributed by atoms with Gasteiger partial charge in [-0.15, -0.1) is 0 Å². The Morgan fingerprint density at radius 1 is 1.17 bits per heavy atom. The topological polar surface area (TPSA) is 71.3 Å². The molecule has 4 heterocycles. The van der Waals surface area contributed by atoms with Crippen LogP contribution in [0.5, 0.6) is 0 Å². The van der Waals surface area contributed by atoms with Crippen LogP contribution in [0.2, 0.25) is 5.02 Å². The van der Waals surface area contributed by atoms with Crippen LogP contribution in [0.1, 0.15) is 32.1 Å². The summed E-state index contributed by atoms with van der Waals surface area (Å²) in [6.07, 6.45) is 3.18. The lowest BCUT2D eigenvalue weighted by atomic mass is 9.94. The molecule has 0 bridgehead atoms. The molecule has 0 aliphatic carbocycles. The minimum absolute atomic E-state index is 0.131. The maximum atomic E-state index is 13.5. The third-order valence-electron chi connectivity index (χ3n) is 5.64. The van der Waals surface area contributed by atoms with Gasteiger partial charge in [-0.25, -0.2) is 0 Å². The Morgan fingerprint density at radius 2 is 1.97 bits per heavy atom. The summed E-state index contributed by atoms with van der Waals surface area (Å²) < 4.78 is 1.71. The van der Waals surface area contributed by atoms with Crippen LogP contribution in [-0.2, 0) is 12.2 Å². The quantitative estimate of drug-likeness (QED) is 0.654. The number of rotatable bonds is 2. The van der Waals surface area contributed by atoms with E-state index in [2.05, 4.69) is 10.1 Å². The molecule has 3 aromatic rings. The Morgan fingerprint density at radius 3 is 2.69 bits per heavy atom. The molecular weight excluding hydrogens is 390 g/mol. The monoisotopic (exact) mass is 407 g/mol. The zero-order chi connectivity index (χ0) is 20.2. The molecule has 7 nitrogen and oxygen atoms in total. The van der Waals surface area contributed by atoms with E-state index in [1.807, 2.05) is 19.1 Å². The highest BCUT2D eigenvalue weighted by Gasteiger charge is 2.56. The second-order valence-corrected chi connectivity index (χ2v) is 7.74. The molecule has 1 aromatic carbocycles. The summed E-state index contributed by atoms with van der Waals surface area (Å²) in [7, 11) is 0. The second-order valence-electron chi connectivity index (χ2n) is 7.31. The minimum Gasteiger partial charge on any atom is -0.308 e. The van der Waals surface area contributed by atoms with Crippen LogP contribution in [0.4, 0.5) is 0 Å². The summed E-state index contributed by atoms with van der Waals surface area (Å²) in [5.74, 6) is -0.302. The van der Waals surface area contributed by atoms with Crippen molar-refractivity contribution in [1.29, 1.82) is 0 Å². The molecule has 1 atom stereocenters. The van der Waals surface area contributed by atoms with Gasteiger partial charge in [0, 0.05) is 36.1 Å². The number of carbonyl (C=O) groups excluding carboxylic acids is 2. The molecule has 29 heavy (non-hydrogen) atoms. The predicted octanol–water partition coefficient (Wildman–Crippen LogP) is 2.70. The molecule has 2 aliphatic heterocycles. The van der Waals surface area contributed by atoms with Crippen LogP contribution in [-0.4, -0.2) is 49.5 Å². The zero-order valence-electron chi connectivity index (χ0n) is 15.7. The third-order valence-corrected chi connectivity index (χ3v) is 5.89. The van der Waals surface area contributed by atoms with Gasteiger partial charge in [0.1, 0.15) is 5.69 Å². The number of fused-ring (bicyclic) bond motifs is 2. The molecule has 0 radical (unpaired) electrons. The predicted molar refractivity (Wildman–Crippen MR) is 106 cm³/mol. The first-order valence-corrected chi connectivity index (χ1v) is 9.73. The number of halogens is 1. The first-order chi connectivity index (χ1) is 14.0. The maximum absolute atomic E-state index is 13.5. The van der Waals surface area contributed by atoms with E-state index in [-0.39, 0.29) is 11.8 Å². The smallest absolute Gasteiger partial charge is 0.274 e. The van der Waals surface area contributed by atoms with Crippen molar-refractivity contribution in [3.8, 4) is 0 Å². The average Bonchev–Trinajstić information content (AvgIpc) is 3.30. The van der Waals surface area contributed by atoms with Crippen LogP contribution < -0.4 is 0 Å². The molecule has 8 heteroatoms. The van der Waals surface area contributed by atoms with Crippen molar-refractivity contribution < 1.29 is 9.59 Å². The summed E-state index contributed by atoms with van der Waals surface area (Å²) in [5.41, 5.74) is 1.65. The Balaban J connectivity index is 1.70. The molecule has 2 aromatic heterocycles. The van der Waals surface area contributed by atoms with Crippen molar-refractivity contribution >= 4 is 23.4 Å². The fraction of sp³-hybridized carbons (Fsp3) is 0.238. The van der Waals surface area contributed by atoms with Crippen LogP contribution in [0.3, 0.4) is 0 Å². The SMILES string of the molecule is Cc1cc2n(n1)CC1(c3ccc(Cl)cc3)N(C(=O)c3cccnc3)CCN1C2=O. The highest BCUT2D eigenvalue weighted by Crippen LogP contribution is 2.43. The van der Waals surface area contributed by atoms with Crippen molar-refractivity contribution in [3.05, 3.63) is 82.4 Å². The number of carbonyl (C=O) groups is 2. The van der Waals surface area contributed by atoms with E-state index >= 15 is 0 Å². The number of aromatic nitrogens is 3. The standard InChI is InChI=1S/C21H18ClN5O2/c1-14-11-18-20(29)26-10-9-25(19(28)15-3-2-8-23-12-15)21(26,13-27(18)24-14)16-4-6-17(22)7-5-16/h2-8,11-12H,9-10,13H2,1H3. The second kappa shape index (κ2) is 6.42. The number of benzene rings is 1. The Kier molecular flexibility index (Phi) is 3.96. The molecule has 0 N–H and O–H groups in total. The van der Waals surface area contributed by atoms with Gasteiger partial charge in [-0.2, -0.15) is 5.10 Å². The van der Waals surface area contributed by atoms with E-state index < -0.39 is 5.66 Å². The van der Waals surface area contributed by atoms with Gasteiger partial charge in [-0.1, -0.05) is 23.7 Å². The fourth-order valence-corrected chi connectivity index (χ4v) is 4.50. The van der Waals surface area contributed by atoms with Crippen LogP contribution in [0.15, 0.2) is 54.9 Å². The van der Waals surface area contributed by atoms with Crippen molar-refractivity contribution in [3.63, 3.8) is 0 Å². The fourth-order valence-electron chi connectivity index (χ4n) is 4.38. The highest BCUT2D eigenvalue weighted by atomic mass is 35.5. The summed E-state index contributed by atoms with van der Waals surface area (Å²) in [6.45, 7) is 3.08. The van der Waals surface area contributed by atoms with E-state index in [4.69, 9.17) is 11.6 Å². The Bertz CT molecular complexity index is 1110. The molecule has 1 unspecified atom stereocenters. The zero-order valence-corrected chi connectivity index (χ0v) is 16.5. The molecule has 0 spiro atoms. The van der Waals surface area contributed by atoms with Crippen molar-refractivity contribution in [1.82, 2.24) is 24.6 Å². The lowest BCUT2D eigenvalue weighted by Crippen LogP contribution is -2.60. The molecule has 0 saturated carbocycles. The van der Waals surface area contributed by atoms with Gasteiger partial charge in [0.2, 0.25) is 0 Å². The first-order valence-electron chi connectivity index (χ1n) is 9.35. The molecule has 5 rings (SSSR count). The number of nitrogens with zero attached hydrogens (tertiary/aromatic N) is 5. The van der Waals surface area contributed by atoms with Gasteiger partial charge in [-0.05, 0) is 37.3 Å². The Labute approximate surface area is 172 Å². The molecule has 1 fully saturated rings. The van der Waals surface area contributed by atoms with Crippen molar-refractivity contribution in [2.75, 3.05) is 13.1 Å². The highest BCUT2D eigenvalue weighted by molar-refractivity contribution is 6.30. The van der Waals surface area contributed by atoms with Gasteiger partial charge < -0.3 is 9.80 Å². The van der Waals surface area contributed by atoms with E-state index in [1.165, 1.54) is 0 Å². The summed E-state index contributed by atoms with van der Waals surface area (Å²) in [5, 5.41) is 5.10. The van der Waals surface area contributed by atoms with Crippen LogP contribution in [0, 0.1) is 6.92 Å². The van der Waals surface area contributed by atoms with Crippen molar-refractivity contribution in [2.45, 2.75) is 19.1 Å². The Hall–Kier alpha value is -3.19. The molecule has 146 valence electrons. The lowest BCUT2D eigenvalue weighted by molar-refractivity contribution is -0.00852. The van der Waals surface area contributed by atoms with Gasteiger partial charge in [-0.3, -0.25) is 19.3 Å². The van der Waals surface area contributed by atoms with E-state index in [1.54, 1.807) is 57.2 Å². The lowest BCUT2D eigenvalue weighted by Gasteiger charge is -2.46. The number of aryl methyl sites for hydroxylation is 1. The van der Waals surface area contributed by atoms with Crippen molar-refractivity contribution in [2.24, 2.45) is 0 Å². The first kappa shape index (κ1) is 17.9. The maximum Gasteiger partial charge on any atom is 0.274 e. The van der Waals surface area contributed by atoms with Gasteiger partial charge in [0.25, 0.3) is 11.8 Å². The third kappa shape index (κ3) is 2.57. The molecule has 1 saturated heterocycles. The normalized spacial score (nSPS) is 20.6. The van der Waals surface area contributed by atoms with E-state index in [0.29, 0.717) is 35.9 Å². The summed E-state index contributed by atoms with van der Waals surface area (Å²) in [4.78, 5) is 34.4. The molecule has 2 amide bonds. The summed E-state index contributed by atoms with van der Waals surface area (Å²) in [6, 6.07) is 12.6. The van der Waals surface area contributed by atoms with Crippen LogP contribution >= 0.6 is 11.6 Å². The molecular formula is C21H18ClN5O2.